The van der Waals surface area contributed by atoms with Gasteiger partial charge in [-0.1, -0.05) is 0 Å². The Kier molecular flexibility index (Phi) is 9.85. The molecule has 0 radical (unpaired) electrons. The Morgan fingerprint density at radius 2 is 1.88 bits per heavy atom. The molecule has 3 unspecified atom stereocenters. The highest BCUT2D eigenvalue weighted by Gasteiger charge is 2.48. The molecule has 0 saturated carbocycles. The van der Waals surface area contributed by atoms with Gasteiger partial charge < -0.3 is 34.6 Å². The molecule has 256 valence electrons. The Morgan fingerprint density at radius 3 is 2.52 bits per heavy atom. The van der Waals surface area contributed by atoms with Crippen LogP contribution in [-0.4, -0.2) is 125 Å². The van der Waals surface area contributed by atoms with Crippen molar-refractivity contribution in [2.75, 3.05) is 69.8 Å². The molecule has 3 fully saturated rings. The van der Waals surface area contributed by atoms with E-state index in [-0.39, 0.29) is 41.5 Å². The fraction of sp³-hybridized carbons (Fsp3) is 0.500. The molecule has 48 heavy (non-hydrogen) atoms. The number of pyridine rings is 1. The largest absolute Gasteiger partial charge is 0.483 e. The van der Waals surface area contributed by atoms with Crippen molar-refractivity contribution in [1.29, 1.82) is 5.26 Å². The number of alkyl halides is 2. The molecular formula is C32H37F3N8O5. The van der Waals surface area contributed by atoms with Gasteiger partial charge in [-0.25, -0.2) is 23.1 Å². The standard InChI is InChI=1S/C32H37F3N8O5/c1-19(44)30(45)43-8-7-26(32(34,35)18-43)48-25-5-3-20(13-21(25)14-36)28-23(33)15-37-31(40-28)39-27-6-4-24(29(38-27)46-2)42-11-9-41(10-12-42)22-16-47-17-22/h3-6,13,15,19,22,26,30,44-45H,7-12,16-18H2,1-2H3,(H,37,38,39,40). The molecule has 13 nitrogen and oxygen atoms in total. The third-order valence-electron chi connectivity index (χ3n) is 8.82. The van der Waals surface area contributed by atoms with E-state index in [4.69, 9.17) is 14.2 Å². The lowest BCUT2D eigenvalue weighted by Gasteiger charge is -2.43. The van der Waals surface area contributed by atoms with Crippen LogP contribution >= 0.6 is 0 Å². The molecule has 0 spiro atoms. The van der Waals surface area contributed by atoms with Crippen LogP contribution in [0.4, 0.5) is 30.6 Å². The lowest BCUT2D eigenvalue weighted by atomic mass is 10.0. The second kappa shape index (κ2) is 14.1. The van der Waals surface area contributed by atoms with Crippen LogP contribution in [0, 0.1) is 17.1 Å². The molecule has 0 bridgehead atoms. The smallest absolute Gasteiger partial charge is 0.296 e. The zero-order valence-corrected chi connectivity index (χ0v) is 26.5. The molecule has 2 aromatic heterocycles. The van der Waals surface area contributed by atoms with Gasteiger partial charge in [0.1, 0.15) is 35.2 Å². The molecule has 6 rings (SSSR count). The first-order chi connectivity index (χ1) is 23.1. The van der Waals surface area contributed by atoms with E-state index in [1.54, 1.807) is 6.07 Å². The zero-order valence-electron chi connectivity index (χ0n) is 26.5. The Bertz CT molecular complexity index is 1650. The number of hydrogen-bond acceptors (Lipinski definition) is 13. The summed E-state index contributed by atoms with van der Waals surface area (Å²) in [4.78, 5) is 18.6. The third-order valence-corrected chi connectivity index (χ3v) is 8.82. The van der Waals surface area contributed by atoms with Gasteiger partial charge in [-0.3, -0.25) is 9.80 Å². The van der Waals surface area contributed by atoms with Crippen molar-refractivity contribution >= 4 is 17.5 Å². The first kappa shape index (κ1) is 33.6. The van der Waals surface area contributed by atoms with Crippen molar-refractivity contribution in [1.82, 2.24) is 24.8 Å². The molecule has 3 atom stereocenters. The number of nitriles is 1. The number of anilines is 3. The van der Waals surface area contributed by atoms with Crippen molar-refractivity contribution in [2.24, 2.45) is 0 Å². The van der Waals surface area contributed by atoms with Gasteiger partial charge in [0, 0.05) is 44.7 Å². The van der Waals surface area contributed by atoms with E-state index in [1.165, 1.54) is 32.2 Å². The predicted molar refractivity (Wildman–Crippen MR) is 168 cm³/mol. The van der Waals surface area contributed by atoms with Gasteiger partial charge in [-0.15, -0.1) is 0 Å². The first-order valence-electron chi connectivity index (χ1n) is 15.7. The Morgan fingerprint density at radius 1 is 1.10 bits per heavy atom. The van der Waals surface area contributed by atoms with Crippen LogP contribution in [-0.2, 0) is 4.74 Å². The summed E-state index contributed by atoms with van der Waals surface area (Å²) in [6.45, 7) is 5.53. The van der Waals surface area contributed by atoms with Crippen LogP contribution in [0.3, 0.4) is 0 Å². The maximum absolute atomic E-state index is 15.0. The monoisotopic (exact) mass is 670 g/mol. The lowest BCUT2D eigenvalue weighted by Crippen LogP contribution is -2.58. The van der Waals surface area contributed by atoms with Gasteiger partial charge in [-0.2, -0.15) is 10.2 Å². The van der Waals surface area contributed by atoms with E-state index >= 15 is 0 Å². The SMILES string of the molecule is COc1nc(Nc2ncc(F)c(-c3ccc(OC4CCN(C(O)C(C)O)CC4(F)F)c(C#N)c3)n2)ccc1N1CCN(C2COC2)CC1. The van der Waals surface area contributed by atoms with Crippen molar-refractivity contribution in [3.8, 4) is 29.0 Å². The van der Waals surface area contributed by atoms with Gasteiger partial charge in [0.05, 0.1) is 50.8 Å². The number of piperidine rings is 1. The van der Waals surface area contributed by atoms with Crippen LogP contribution in [0.25, 0.3) is 11.3 Å². The molecular weight excluding hydrogens is 633 g/mol. The number of aliphatic hydroxyl groups is 2. The summed E-state index contributed by atoms with van der Waals surface area (Å²) in [5, 5.41) is 32.4. The molecule has 3 N–H and O–H groups in total. The van der Waals surface area contributed by atoms with E-state index in [0.29, 0.717) is 17.7 Å². The molecule has 0 amide bonds. The molecule has 3 saturated heterocycles. The van der Waals surface area contributed by atoms with Gasteiger partial charge in [-0.05, 0) is 37.3 Å². The number of halogens is 3. The predicted octanol–water partition coefficient (Wildman–Crippen LogP) is 2.61. The summed E-state index contributed by atoms with van der Waals surface area (Å²) in [5.74, 6) is -3.43. The topological polar surface area (TPSA) is 152 Å². The van der Waals surface area contributed by atoms with Crippen LogP contribution in [0.1, 0.15) is 18.9 Å². The minimum atomic E-state index is -3.38. The number of benzene rings is 1. The zero-order chi connectivity index (χ0) is 34.0. The molecule has 16 heteroatoms. The Labute approximate surface area is 275 Å². The van der Waals surface area contributed by atoms with Crippen LogP contribution in [0.15, 0.2) is 36.5 Å². The van der Waals surface area contributed by atoms with Crippen LogP contribution < -0.4 is 19.7 Å². The van der Waals surface area contributed by atoms with Gasteiger partial charge in [0.2, 0.25) is 11.8 Å². The summed E-state index contributed by atoms with van der Waals surface area (Å²) in [6.07, 6.45) is -3.41. The number of aliphatic hydroxyl groups excluding tert-OH is 2. The molecule has 3 aliphatic heterocycles. The minimum absolute atomic E-state index is 0.0367. The summed E-state index contributed by atoms with van der Waals surface area (Å²) in [5.41, 5.74) is 0.836. The van der Waals surface area contributed by atoms with Crippen molar-refractivity contribution in [2.45, 2.75) is 43.7 Å². The summed E-state index contributed by atoms with van der Waals surface area (Å²) in [7, 11) is 1.54. The highest BCUT2D eigenvalue weighted by atomic mass is 19.3. The Hall–Kier alpha value is -4.27. The van der Waals surface area contributed by atoms with E-state index in [0.717, 1.165) is 56.2 Å². The summed E-state index contributed by atoms with van der Waals surface area (Å²) < 4.78 is 61.4. The fourth-order valence-electron chi connectivity index (χ4n) is 6.04. The summed E-state index contributed by atoms with van der Waals surface area (Å²) in [6, 6.07) is 10.1. The Balaban J connectivity index is 1.15. The van der Waals surface area contributed by atoms with E-state index in [9.17, 15) is 28.6 Å². The minimum Gasteiger partial charge on any atom is -0.483 e. The normalized spacial score (nSPS) is 21.5. The van der Waals surface area contributed by atoms with E-state index < -0.39 is 36.7 Å². The number of nitrogens with zero attached hydrogens (tertiary/aromatic N) is 7. The first-order valence-corrected chi connectivity index (χ1v) is 15.7. The van der Waals surface area contributed by atoms with Crippen molar-refractivity contribution < 1.29 is 37.6 Å². The second-order valence-electron chi connectivity index (χ2n) is 12.1. The highest BCUT2D eigenvalue weighted by molar-refractivity contribution is 5.67. The maximum Gasteiger partial charge on any atom is 0.296 e. The maximum atomic E-state index is 15.0. The molecule has 5 heterocycles. The molecule has 3 aliphatic rings. The molecule has 3 aromatic rings. The van der Waals surface area contributed by atoms with Crippen LogP contribution in [0.2, 0.25) is 0 Å². The lowest BCUT2D eigenvalue weighted by molar-refractivity contribution is -0.181. The number of rotatable bonds is 10. The average Bonchev–Trinajstić information content (AvgIpc) is 3.05. The van der Waals surface area contributed by atoms with Crippen molar-refractivity contribution in [3.05, 3.63) is 47.9 Å². The van der Waals surface area contributed by atoms with Gasteiger partial charge in [0.25, 0.3) is 5.92 Å². The summed E-state index contributed by atoms with van der Waals surface area (Å²) >= 11 is 0. The second-order valence-corrected chi connectivity index (χ2v) is 12.1. The molecule has 0 aliphatic carbocycles. The number of piperazine rings is 1. The molecule has 1 aromatic carbocycles. The number of ether oxygens (including phenoxy) is 3. The third kappa shape index (κ3) is 7.10. The van der Waals surface area contributed by atoms with Crippen LogP contribution in [0.5, 0.6) is 11.6 Å². The van der Waals surface area contributed by atoms with E-state index in [1.807, 2.05) is 12.1 Å². The quantitative estimate of drug-likeness (QED) is 0.290. The number of methoxy groups -OCH3 is 1. The van der Waals surface area contributed by atoms with Gasteiger partial charge in [0.15, 0.2) is 11.9 Å². The number of hydrogen-bond donors (Lipinski definition) is 3. The highest BCUT2D eigenvalue weighted by Crippen LogP contribution is 2.35. The number of likely N-dealkylation sites (tertiary alicyclic amines) is 1. The number of aromatic nitrogens is 3. The number of nitrogens with one attached hydrogen (secondary N) is 1. The average molecular weight is 671 g/mol. The van der Waals surface area contributed by atoms with Crippen molar-refractivity contribution in [3.63, 3.8) is 0 Å². The van der Waals surface area contributed by atoms with Gasteiger partial charge >= 0.3 is 0 Å². The van der Waals surface area contributed by atoms with E-state index in [2.05, 4.69) is 30.1 Å². The fourth-order valence-corrected chi connectivity index (χ4v) is 6.04.